The average molecular weight is 595 g/mol. The minimum absolute atomic E-state index is 0.163. The quantitative estimate of drug-likeness (QED) is 0.127. The monoisotopic (exact) mass is 594 g/mol. The number of anilines is 2. The molecule has 0 spiro atoms. The Hall–Kier alpha value is -4.19. The van der Waals surface area contributed by atoms with E-state index < -0.39 is 11.7 Å². The van der Waals surface area contributed by atoms with Crippen molar-refractivity contribution in [2.75, 3.05) is 25.1 Å². The van der Waals surface area contributed by atoms with E-state index in [4.69, 9.17) is 19.2 Å². The van der Waals surface area contributed by atoms with E-state index in [-0.39, 0.29) is 5.97 Å². The third-order valence-electron chi connectivity index (χ3n) is 5.95. The normalized spacial score (nSPS) is 11.3. The molecule has 0 bridgehead atoms. The fraction of sp³-hybridized carbons (Fsp3) is 0.433. The number of unbranched alkanes of at least 4 members (excludes halogenated alkanes) is 1. The molecule has 12 heteroatoms. The average Bonchev–Trinajstić information content (AvgIpc) is 3.57. The second-order valence-electron chi connectivity index (χ2n) is 10.6. The highest BCUT2D eigenvalue weighted by atomic mass is 32.1. The fourth-order valence-corrected chi connectivity index (χ4v) is 4.92. The van der Waals surface area contributed by atoms with Gasteiger partial charge in [-0.2, -0.15) is 5.10 Å². The maximum atomic E-state index is 11.8. The number of ether oxygens (including phenoxy) is 3. The number of amides is 1. The molecule has 4 aromatic rings. The minimum Gasteiger partial charge on any atom is -0.494 e. The number of fused-ring (bicyclic) bond motifs is 1. The number of aryl methyl sites for hydroxylation is 1. The molecule has 0 aliphatic carbocycles. The number of carbonyl (C=O) groups excluding carboxylic acids is 2. The summed E-state index contributed by atoms with van der Waals surface area (Å²) in [5, 5.41) is 12.5. The lowest BCUT2D eigenvalue weighted by atomic mass is 10.1. The number of hydrogen-bond donors (Lipinski definition) is 2. The molecular formula is C30H38N6O5S. The molecule has 0 atom stereocenters. The van der Waals surface area contributed by atoms with Crippen LogP contribution in [0.5, 0.6) is 5.75 Å². The molecule has 42 heavy (non-hydrogen) atoms. The van der Waals surface area contributed by atoms with Gasteiger partial charge in [-0.3, -0.25) is 9.48 Å². The van der Waals surface area contributed by atoms with Gasteiger partial charge in [0, 0.05) is 36.7 Å². The highest BCUT2D eigenvalue weighted by Crippen LogP contribution is 2.34. The van der Waals surface area contributed by atoms with Gasteiger partial charge in [0.05, 0.1) is 41.5 Å². The van der Waals surface area contributed by atoms with E-state index >= 15 is 0 Å². The van der Waals surface area contributed by atoms with Crippen molar-refractivity contribution in [1.29, 1.82) is 0 Å². The predicted octanol–water partition coefficient (Wildman–Crippen LogP) is 6.33. The lowest BCUT2D eigenvalue weighted by Gasteiger charge is -2.19. The number of rotatable bonds is 14. The molecule has 4 rings (SSSR count). The molecule has 0 saturated heterocycles. The van der Waals surface area contributed by atoms with E-state index in [1.54, 1.807) is 22.2 Å². The lowest BCUT2D eigenvalue weighted by molar-refractivity contribution is -0.143. The summed E-state index contributed by atoms with van der Waals surface area (Å²) in [4.78, 5) is 32.5. The molecule has 11 nitrogen and oxygen atoms in total. The number of benzene rings is 1. The third-order valence-corrected chi connectivity index (χ3v) is 6.86. The summed E-state index contributed by atoms with van der Waals surface area (Å²) in [7, 11) is 0. The van der Waals surface area contributed by atoms with Gasteiger partial charge in [0.2, 0.25) is 5.95 Å². The second kappa shape index (κ2) is 14.6. The van der Waals surface area contributed by atoms with Crippen LogP contribution in [0.1, 0.15) is 53.4 Å². The van der Waals surface area contributed by atoms with Gasteiger partial charge in [-0.25, -0.2) is 14.8 Å². The maximum absolute atomic E-state index is 11.8. The van der Waals surface area contributed by atoms with Gasteiger partial charge in [-0.1, -0.05) is 12.1 Å². The molecule has 0 radical (unpaired) electrons. The van der Waals surface area contributed by atoms with E-state index in [0.717, 1.165) is 45.6 Å². The summed E-state index contributed by atoms with van der Waals surface area (Å²) in [6.45, 7) is 9.39. The SMILES string of the molecule is CCOC(=O)CCCCOc1ccc(-c2csc3cnc(Nc4cnn(CCCNC(=O)OC(C)(C)C)c4)nc23)cc1. The highest BCUT2D eigenvalue weighted by Gasteiger charge is 2.15. The van der Waals surface area contributed by atoms with Crippen LogP contribution in [0.25, 0.3) is 21.3 Å². The Balaban J connectivity index is 1.28. The van der Waals surface area contributed by atoms with Crippen molar-refractivity contribution in [3.8, 4) is 16.9 Å². The first-order valence-corrected chi connectivity index (χ1v) is 15.0. The van der Waals surface area contributed by atoms with Crippen LogP contribution < -0.4 is 15.4 Å². The third kappa shape index (κ3) is 9.44. The molecule has 1 amide bonds. The topological polar surface area (TPSA) is 129 Å². The van der Waals surface area contributed by atoms with Gasteiger partial charge >= 0.3 is 12.1 Å². The van der Waals surface area contributed by atoms with E-state index in [1.165, 1.54) is 0 Å². The van der Waals surface area contributed by atoms with E-state index in [9.17, 15) is 9.59 Å². The largest absolute Gasteiger partial charge is 0.494 e. The predicted molar refractivity (Wildman–Crippen MR) is 163 cm³/mol. The summed E-state index contributed by atoms with van der Waals surface area (Å²) in [6, 6.07) is 7.93. The van der Waals surface area contributed by atoms with Crippen molar-refractivity contribution in [3.05, 3.63) is 48.2 Å². The zero-order valence-electron chi connectivity index (χ0n) is 24.5. The van der Waals surface area contributed by atoms with Crippen LogP contribution in [0.4, 0.5) is 16.4 Å². The molecule has 0 aliphatic rings. The van der Waals surface area contributed by atoms with Crippen LogP contribution in [0.3, 0.4) is 0 Å². The molecule has 0 saturated carbocycles. The standard InChI is InChI=1S/C30H38N6O5S/c1-5-39-26(37)9-6-7-16-40-23-12-10-21(11-13-23)24-20-42-25-18-32-28(35-27(24)25)34-22-17-33-36(19-22)15-8-14-31-29(38)41-30(2,3)4/h10-13,17-20H,5-9,14-16H2,1-4H3,(H,31,38)(H,32,34,35). The number of esters is 1. The lowest BCUT2D eigenvalue weighted by Crippen LogP contribution is -2.33. The van der Waals surface area contributed by atoms with Crippen LogP contribution >= 0.6 is 11.3 Å². The van der Waals surface area contributed by atoms with Gasteiger partial charge < -0.3 is 24.8 Å². The Morgan fingerprint density at radius 3 is 2.64 bits per heavy atom. The number of alkyl carbamates (subject to hydrolysis) is 1. The first kappa shape index (κ1) is 30.8. The van der Waals surface area contributed by atoms with Crippen LogP contribution in [-0.2, 0) is 20.8 Å². The van der Waals surface area contributed by atoms with Crippen molar-refractivity contribution in [2.45, 2.75) is 65.5 Å². The van der Waals surface area contributed by atoms with Crippen LogP contribution in [-0.4, -0.2) is 57.2 Å². The van der Waals surface area contributed by atoms with E-state index in [0.29, 0.717) is 45.1 Å². The number of thiophene rings is 1. The van der Waals surface area contributed by atoms with Crippen LogP contribution in [0.2, 0.25) is 0 Å². The molecular weight excluding hydrogens is 556 g/mol. The highest BCUT2D eigenvalue weighted by molar-refractivity contribution is 7.17. The summed E-state index contributed by atoms with van der Waals surface area (Å²) in [5.41, 5.74) is 3.18. The molecule has 0 aliphatic heterocycles. The van der Waals surface area contributed by atoms with E-state index in [1.807, 2.05) is 64.4 Å². The Bertz CT molecular complexity index is 1460. The van der Waals surface area contributed by atoms with Gasteiger partial charge in [-0.15, -0.1) is 11.3 Å². The first-order chi connectivity index (χ1) is 20.2. The van der Waals surface area contributed by atoms with Crippen molar-refractivity contribution in [1.82, 2.24) is 25.1 Å². The first-order valence-electron chi connectivity index (χ1n) is 14.1. The number of aromatic nitrogens is 4. The number of nitrogens with one attached hydrogen (secondary N) is 2. The Morgan fingerprint density at radius 2 is 1.88 bits per heavy atom. The van der Waals surface area contributed by atoms with Gasteiger partial charge in [0.25, 0.3) is 0 Å². The zero-order valence-corrected chi connectivity index (χ0v) is 25.3. The van der Waals surface area contributed by atoms with Crippen molar-refractivity contribution in [2.24, 2.45) is 0 Å². The molecule has 3 aromatic heterocycles. The fourth-order valence-electron chi connectivity index (χ4n) is 4.04. The van der Waals surface area contributed by atoms with Gasteiger partial charge in [0.1, 0.15) is 11.4 Å². The summed E-state index contributed by atoms with van der Waals surface area (Å²) >= 11 is 1.60. The van der Waals surface area contributed by atoms with Crippen LogP contribution in [0.15, 0.2) is 48.2 Å². The summed E-state index contributed by atoms with van der Waals surface area (Å²) < 4.78 is 18.8. The molecule has 0 unspecified atom stereocenters. The number of hydrogen-bond acceptors (Lipinski definition) is 10. The minimum atomic E-state index is -0.518. The van der Waals surface area contributed by atoms with Crippen molar-refractivity contribution >= 4 is 45.3 Å². The van der Waals surface area contributed by atoms with Crippen LogP contribution in [0, 0.1) is 0 Å². The number of nitrogens with zero attached hydrogens (tertiary/aromatic N) is 4. The van der Waals surface area contributed by atoms with E-state index in [2.05, 4.69) is 26.1 Å². The molecule has 3 heterocycles. The summed E-state index contributed by atoms with van der Waals surface area (Å²) in [6.07, 6.45) is 7.64. The molecule has 2 N–H and O–H groups in total. The van der Waals surface area contributed by atoms with Crippen molar-refractivity contribution < 1.29 is 23.8 Å². The smallest absolute Gasteiger partial charge is 0.407 e. The Kier molecular flexibility index (Phi) is 10.7. The molecule has 224 valence electrons. The number of carbonyl (C=O) groups is 2. The van der Waals surface area contributed by atoms with Crippen molar-refractivity contribution in [3.63, 3.8) is 0 Å². The maximum Gasteiger partial charge on any atom is 0.407 e. The zero-order chi connectivity index (χ0) is 30.0. The van der Waals surface area contributed by atoms with Gasteiger partial charge in [-0.05, 0) is 64.7 Å². The van der Waals surface area contributed by atoms with Gasteiger partial charge in [0.15, 0.2) is 0 Å². The summed E-state index contributed by atoms with van der Waals surface area (Å²) in [5.74, 6) is 1.10. The molecule has 1 aromatic carbocycles. The Morgan fingerprint density at radius 1 is 1.07 bits per heavy atom. The Labute approximate surface area is 249 Å². The molecule has 0 fully saturated rings. The second-order valence-corrected chi connectivity index (χ2v) is 11.5.